The van der Waals surface area contributed by atoms with E-state index in [1.807, 2.05) is 18.2 Å². The molecule has 2 aromatic carbocycles. The van der Waals surface area contributed by atoms with Crippen molar-refractivity contribution in [1.29, 1.82) is 0 Å². The molecule has 176 valence electrons. The summed E-state index contributed by atoms with van der Waals surface area (Å²) < 4.78 is 36.8. The van der Waals surface area contributed by atoms with E-state index in [9.17, 15) is 27.6 Å². The van der Waals surface area contributed by atoms with Crippen molar-refractivity contribution in [3.05, 3.63) is 64.7 Å². The standard InChI is InChI=1S/C21H20ClF3N4O3S/c22-17-12-14(18(30)26-27-19(31)21(23,24)25)6-7-15(17)13-29(16-4-2-1-3-5-16)20(32)28-8-10-33-11-9-28/h1-7,12H,8-11,13H2,(H,26,30)(H,27,31). The van der Waals surface area contributed by atoms with Crippen LogP contribution in [0.5, 0.6) is 0 Å². The molecule has 1 aliphatic heterocycles. The van der Waals surface area contributed by atoms with Gasteiger partial charge in [-0.05, 0) is 29.8 Å². The average molecular weight is 501 g/mol. The van der Waals surface area contributed by atoms with Crippen molar-refractivity contribution in [3.63, 3.8) is 0 Å². The summed E-state index contributed by atoms with van der Waals surface area (Å²) >= 11 is 8.11. The second-order valence-electron chi connectivity index (χ2n) is 7.02. The number of rotatable bonds is 4. The third kappa shape index (κ3) is 6.55. The molecule has 33 heavy (non-hydrogen) atoms. The summed E-state index contributed by atoms with van der Waals surface area (Å²) in [5, 5.41) is 0.146. The highest BCUT2D eigenvalue weighted by atomic mass is 35.5. The number of hydrogen-bond donors (Lipinski definition) is 2. The SMILES string of the molecule is O=C(NNC(=O)C(F)(F)F)c1ccc(CN(C(=O)N2CCSCC2)c2ccccc2)c(Cl)c1. The maximum absolute atomic E-state index is 13.2. The number of hydrazine groups is 1. The van der Waals surface area contributed by atoms with Crippen molar-refractivity contribution >= 4 is 46.9 Å². The molecule has 0 aliphatic carbocycles. The third-order valence-corrected chi connectivity index (χ3v) is 6.07. The molecular formula is C21H20ClF3N4O3S. The Balaban J connectivity index is 1.76. The highest BCUT2D eigenvalue weighted by Gasteiger charge is 2.39. The Labute approximate surface area is 197 Å². The van der Waals surface area contributed by atoms with Crippen LogP contribution in [0.15, 0.2) is 48.5 Å². The summed E-state index contributed by atoms with van der Waals surface area (Å²) in [5.41, 5.74) is 4.14. The van der Waals surface area contributed by atoms with E-state index in [0.717, 1.165) is 11.5 Å². The fourth-order valence-corrected chi connectivity index (χ4v) is 4.19. The molecule has 7 nitrogen and oxygen atoms in total. The number of nitrogens with zero attached hydrogens (tertiary/aromatic N) is 2. The van der Waals surface area contributed by atoms with E-state index in [1.165, 1.54) is 23.6 Å². The molecule has 2 N–H and O–H groups in total. The van der Waals surface area contributed by atoms with Crippen molar-refractivity contribution in [1.82, 2.24) is 15.8 Å². The first kappa shape index (κ1) is 24.7. The van der Waals surface area contributed by atoms with Gasteiger partial charge in [0.05, 0.1) is 6.54 Å². The lowest BCUT2D eigenvalue weighted by atomic mass is 10.1. The first-order valence-electron chi connectivity index (χ1n) is 9.82. The zero-order valence-electron chi connectivity index (χ0n) is 17.2. The van der Waals surface area contributed by atoms with Gasteiger partial charge < -0.3 is 4.90 Å². The van der Waals surface area contributed by atoms with Crippen LogP contribution in [0.4, 0.5) is 23.7 Å². The number of halogens is 4. The average Bonchev–Trinajstić information content (AvgIpc) is 2.81. The van der Waals surface area contributed by atoms with Gasteiger partial charge in [0, 0.05) is 40.9 Å². The first-order valence-corrected chi connectivity index (χ1v) is 11.4. The molecule has 2 aromatic rings. The smallest absolute Gasteiger partial charge is 0.323 e. The lowest BCUT2D eigenvalue weighted by Crippen LogP contribution is -2.47. The van der Waals surface area contributed by atoms with Gasteiger partial charge in [-0.15, -0.1) is 0 Å². The summed E-state index contributed by atoms with van der Waals surface area (Å²) in [7, 11) is 0. The third-order valence-electron chi connectivity index (χ3n) is 4.77. The van der Waals surface area contributed by atoms with Gasteiger partial charge in [-0.1, -0.05) is 35.9 Å². The topological polar surface area (TPSA) is 81.8 Å². The minimum Gasteiger partial charge on any atom is -0.323 e. The lowest BCUT2D eigenvalue weighted by Gasteiger charge is -2.33. The van der Waals surface area contributed by atoms with E-state index >= 15 is 0 Å². The predicted molar refractivity (Wildman–Crippen MR) is 120 cm³/mol. The lowest BCUT2D eigenvalue weighted by molar-refractivity contribution is -0.174. The molecule has 1 fully saturated rings. The van der Waals surface area contributed by atoms with Crippen LogP contribution in [-0.2, 0) is 11.3 Å². The molecule has 1 saturated heterocycles. The fourth-order valence-electron chi connectivity index (χ4n) is 3.05. The maximum atomic E-state index is 13.2. The van der Waals surface area contributed by atoms with Crippen LogP contribution >= 0.6 is 23.4 Å². The molecule has 0 unspecified atom stereocenters. The van der Waals surface area contributed by atoms with Crippen molar-refractivity contribution in [2.24, 2.45) is 0 Å². The summed E-state index contributed by atoms with van der Waals surface area (Å²) in [4.78, 5) is 39.5. The van der Waals surface area contributed by atoms with Gasteiger partial charge in [0.1, 0.15) is 0 Å². The summed E-state index contributed by atoms with van der Waals surface area (Å²) in [6, 6.07) is 13.0. The Bertz CT molecular complexity index is 1020. The summed E-state index contributed by atoms with van der Waals surface area (Å²) in [6.45, 7) is 1.38. The molecule has 0 atom stereocenters. The summed E-state index contributed by atoms with van der Waals surface area (Å²) in [6.07, 6.45) is -5.13. The first-order chi connectivity index (χ1) is 15.7. The van der Waals surface area contributed by atoms with Gasteiger partial charge in [-0.3, -0.25) is 25.3 Å². The molecule has 0 radical (unpaired) electrons. The second kappa shape index (κ2) is 10.8. The number of alkyl halides is 3. The van der Waals surface area contributed by atoms with Gasteiger partial charge in [-0.25, -0.2) is 4.79 Å². The van der Waals surface area contributed by atoms with E-state index < -0.39 is 18.0 Å². The van der Waals surface area contributed by atoms with Crippen LogP contribution < -0.4 is 15.8 Å². The minimum absolute atomic E-state index is 0.0585. The van der Waals surface area contributed by atoms with Crippen LogP contribution in [0.25, 0.3) is 0 Å². The van der Waals surface area contributed by atoms with Crippen LogP contribution in [0.1, 0.15) is 15.9 Å². The Kier molecular flexibility index (Phi) is 8.09. The largest absolute Gasteiger partial charge is 0.472 e. The Morgan fingerprint density at radius 2 is 1.70 bits per heavy atom. The van der Waals surface area contributed by atoms with Crippen LogP contribution in [-0.4, -0.2) is 53.5 Å². The molecule has 1 heterocycles. The Morgan fingerprint density at radius 3 is 2.30 bits per heavy atom. The number of amides is 4. The quantitative estimate of drug-likeness (QED) is 0.625. The number of anilines is 1. The molecule has 4 amide bonds. The molecule has 0 saturated carbocycles. The number of carbonyl (C=O) groups is 3. The van der Waals surface area contributed by atoms with E-state index in [4.69, 9.17) is 11.6 Å². The zero-order chi connectivity index (χ0) is 24.0. The zero-order valence-corrected chi connectivity index (χ0v) is 18.8. The van der Waals surface area contributed by atoms with Crippen molar-refractivity contribution in [2.75, 3.05) is 29.5 Å². The molecular weight excluding hydrogens is 481 g/mol. The number of carbonyl (C=O) groups excluding carboxylic acids is 3. The monoisotopic (exact) mass is 500 g/mol. The van der Waals surface area contributed by atoms with Crippen molar-refractivity contribution in [3.8, 4) is 0 Å². The van der Waals surface area contributed by atoms with Gasteiger partial charge >= 0.3 is 18.1 Å². The van der Waals surface area contributed by atoms with Gasteiger partial charge in [0.15, 0.2) is 0 Å². The predicted octanol–water partition coefficient (Wildman–Crippen LogP) is 3.84. The van der Waals surface area contributed by atoms with Crippen LogP contribution in [0.3, 0.4) is 0 Å². The molecule has 12 heteroatoms. The Hall–Kier alpha value is -2.92. The highest BCUT2D eigenvalue weighted by Crippen LogP contribution is 2.25. The van der Waals surface area contributed by atoms with E-state index in [-0.39, 0.29) is 23.2 Å². The highest BCUT2D eigenvalue weighted by molar-refractivity contribution is 7.99. The number of para-hydroxylation sites is 1. The van der Waals surface area contributed by atoms with Crippen molar-refractivity contribution in [2.45, 2.75) is 12.7 Å². The Morgan fingerprint density at radius 1 is 1.03 bits per heavy atom. The van der Waals surface area contributed by atoms with Crippen LogP contribution in [0.2, 0.25) is 5.02 Å². The van der Waals surface area contributed by atoms with Gasteiger partial charge in [-0.2, -0.15) is 24.9 Å². The molecule has 0 bridgehead atoms. The second-order valence-corrected chi connectivity index (χ2v) is 8.65. The van der Waals surface area contributed by atoms with Gasteiger partial charge in [0.2, 0.25) is 0 Å². The van der Waals surface area contributed by atoms with Crippen LogP contribution in [0, 0.1) is 0 Å². The van der Waals surface area contributed by atoms with E-state index in [0.29, 0.717) is 24.3 Å². The van der Waals surface area contributed by atoms with E-state index in [2.05, 4.69) is 0 Å². The molecule has 1 aliphatic rings. The van der Waals surface area contributed by atoms with E-state index in [1.54, 1.807) is 39.1 Å². The number of nitrogens with one attached hydrogen (secondary N) is 2. The van der Waals surface area contributed by atoms with Crippen molar-refractivity contribution < 1.29 is 27.6 Å². The maximum Gasteiger partial charge on any atom is 0.472 e. The van der Waals surface area contributed by atoms with Gasteiger partial charge in [0.25, 0.3) is 5.91 Å². The fraction of sp³-hybridized carbons (Fsp3) is 0.286. The normalized spacial score (nSPS) is 13.9. The molecule has 3 rings (SSSR count). The number of hydrogen-bond acceptors (Lipinski definition) is 4. The number of benzene rings is 2. The molecule has 0 aromatic heterocycles. The summed E-state index contributed by atoms with van der Waals surface area (Å²) in [5.74, 6) is -1.57. The molecule has 0 spiro atoms. The minimum atomic E-state index is -5.13. The number of thioether (sulfide) groups is 1. The number of urea groups is 1.